The van der Waals surface area contributed by atoms with Crippen LogP contribution in [-0.2, 0) is 18.0 Å². The fourth-order valence-electron chi connectivity index (χ4n) is 1.65. The zero-order valence-electron chi connectivity index (χ0n) is 8.88. The van der Waals surface area contributed by atoms with E-state index in [2.05, 4.69) is 5.32 Å². The number of ether oxygens (including phenoxy) is 1. The van der Waals surface area contributed by atoms with Crippen LogP contribution in [0.3, 0.4) is 0 Å². The molecule has 0 aromatic heterocycles. The van der Waals surface area contributed by atoms with Gasteiger partial charge in [-0.2, -0.15) is 0 Å². The molecule has 1 aromatic carbocycles. The molecule has 3 heteroatoms. The molecule has 0 atom stereocenters. The summed E-state index contributed by atoms with van der Waals surface area (Å²) in [6.07, 6.45) is 0.958. The molecule has 0 radical (unpaired) electrons. The lowest BCUT2D eigenvalue weighted by Gasteiger charge is -2.04. The molecule has 0 aliphatic carbocycles. The lowest BCUT2D eigenvalue weighted by molar-refractivity contribution is 0.0953. The number of amides is 1. The fraction of sp³-hybridized carbons (Fsp3) is 0.417. The Balaban J connectivity index is 2.12. The van der Waals surface area contributed by atoms with Gasteiger partial charge in [0.2, 0.25) is 0 Å². The van der Waals surface area contributed by atoms with Gasteiger partial charge in [0.05, 0.1) is 13.2 Å². The van der Waals surface area contributed by atoms with E-state index in [1.807, 2.05) is 25.1 Å². The first kappa shape index (κ1) is 10.2. The molecule has 1 aliphatic rings. The van der Waals surface area contributed by atoms with Crippen LogP contribution in [0.25, 0.3) is 0 Å². The van der Waals surface area contributed by atoms with Crippen LogP contribution in [0.1, 0.15) is 34.8 Å². The number of carbonyl (C=O) groups is 1. The Morgan fingerprint density at radius 3 is 3.00 bits per heavy atom. The van der Waals surface area contributed by atoms with Crippen LogP contribution < -0.4 is 5.32 Å². The molecular weight excluding hydrogens is 190 g/mol. The fourth-order valence-corrected chi connectivity index (χ4v) is 1.65. The van der Waals surface area contributed by atoms with E-state index < -0.39 is 0 Å². The molecule has 0 saturated carbocycles. The second-order valence-corrected chi connectivity index (χ2v) is 3.73. The van der Waals surface area contributed by atoms with E-state index >= 15 is 0 Å². The number of carbonyl (C=O) groups excluding carboxylic acids is 1. The van der Waals surface area contributed by atoms with Crippen LogP contribution >= 0.6 is 0 Å². The second-order valence-electron chi connectivity index (χ2n) is 3.73. The molecule has 15 heavy (non-hydrogen) atoms. The zero-order chi connectivity index (χ0) is 10.7. The quantitative estimate of drug-likeness (QED) is 0.818. The molecule has 1 amide bonds. The van der Waals surface area contributed by atoms with E-state index in [-0.39, 0.29) is 5.91 Å². The van der Waals surface area contributed by atoms with Gasteiger partial charge in [-0.05, 0) is 29.7 Å². The summed E-state index contributed by atoms with van der Waals surface area (Å²) in [6, 6.07) is 5.76. The van der Waals surface area contributed by atoms with Gasteiger partial charge in [-0.15, -0.1) is 0 Å². The van der Waals surface area contributed by atoms with Crippen molar-refractivity contribution in [2.75, 3.05) is 6.54 Å². The summed E-state index contributed by atoms with van der Waals surface area (Å²) in [5.74, 6) is 0.00606. The Labute approximate surface area is 89.4 Å². The highest BCUT2D eigenvalue weighted by molar-refractivity contribution is 5.94. The average molecular weight is 205 g/mol. The summed E-state index contributed by atoms with van der Waals surface area (Å²) in [5, 5.41) is 2.86. The maximum atomic E-state index is 11.7. The third kappa shape index (κ3) is 2.18. The van der Waals surface area contributed by atoms with Crippen LogP contribution in [0.15, 0.2) is 18.2 Å². The largest absolute Gasteiger partial charge is 0.372 e. The first-order chi connectivity index (χ1) is 7.31. The lowest BCUT2D eigenvalue weighted by atomic mass is 10.1. The van der Waals surface area contributed by atoms with Crippen LogP contribution in [0.5, 0.6) is 0 Å². The first-order valence-electron chi connectivity index (χ1n) is 5.29. The Morgan fingerprint density at radius 2 is 2.20 bits per heavy atom. The van der Waals surface area contributed by atoms with Gasteiger partial charge in [0.1, 0.15) is 0 Å². The molecule has 0 bridgehead atoms. The topological polar surface area (TPSA) is 38.3 Å². The van der Waals surface area contributed by atoms with E-state index in [9.17, 15) is 4.79 Å². The highest BCUT2D eigenvalue weighted by Gasteiger charge is 2.13. The van der Waals surface area contributed by atoms with Crippen molar-refractivity contribution in [1.82, 2.24) is 5.32 Å². The molecule has 3 nitrogen and oxygen atoms in total. The van der Waals surface area contributed by atoms with Crippen LogP contribution in [-0.4, -0.2) is 12.5 Å². The molecule has 1 aromatic rings. The molecule has 0 saturated heterocycles. The summed E-state index contributed by atoms with van der Waals surface area (Å²) in [5.41, 5.74) is 3.06. The third-order valence-electron chi connectivity index (χ3n) is 2.52. The molecule has 0 unspecified atom stereocenters. The number of benzene rings is 1. The number of hydrogen-bond donors (Lipinski definition) is 1. The third-order valence-corrected chi connectivity index (χ3v) is 2.52. The van der Waals surface area contributed by atoms with Gasteiger partial charge in [0.25, 0.3) is 5.91 Å². The smallest absolute Gasteiger partial charge is 0.251 e. The van der Waals surface area contributed by atoms with Crippen LogP contribution in [0.2, 0.25) is 0 Å². The Kier molecular flexibility index (Phi) is 3.02. The molecule has 1 N–H and O–H groups in total. The van der Waals surface area contributed by atoms with Crippen LogP contribution in [0.4, 0.5) is 0 Å². The number of fused-ring (bicyclic) bond motifs is 1. The Hall–Kier alpha value is -1.35. The summed E-state index contributed by atoms with van der Waals surface area (Å²) in [6.45, 7) is 4.07. The van der Waals surface area contributed by atoms with E-state index in [1.165, 1.54) is 5.56 Å². The van der Waals surface area contributed by atoms with E-state index in [0.717, 1.165) is 24.1 Å². The van der Waals surface area contributed by atoms with E-state index in [1.54, 1.807) is 0 Å². The minimum Gasteiger partial charge on any atom is -0.372 e. The lowest BCUT2D eigenvalue weighted by Crippen LogP contribution is -2.24. The van der Waals surface area contributed by atoms with Crippen molar-refractivity contribution in [2.45, 2.75) is 26.6 Å². The number of hydrogen-bond acceptors (Lipinski definition) is 2. The molecule has 0 fully saturated rings. The van der Waals surface area contributed by atoms with Crippen molar-refractivity contribution in [3.05, 3.63) is 34.9 Å². The zero-order valence-corrected chi connectivity index (χ0v) is 8.88. The predicted molar refractivity (Wildman–Crippen MR) is 57.6 cm³/mol. The summed E-state index contributed by atoms with van der Waals surface area (Å²) in [4.78, 5) is 11.7. The number of nitrogens with one attached hydrogen (secondary N) is 1. The van der Waals surface area contributed by atoms with Gasteiger partial charge in [0, 0.05) is 12.1 Å². The van der Waals surface area contributed by atoms with Crippen molar-refractivity contribution >= 4 is 5.91 Å². The molecule has 2 rings (SSSR count). The van der Waals surface area contributed by atoms with E-state index in [4.69, 9.17) is 4.74 Å². The molecule has 0 spiro atoms. The SMILES string of the molecule is CCCNC(=O)c1ccc2c(c1)COC2. The van der Waals surface area contributed by atoms with Gasteiger partial charge in [-0.3, -0.25) is 4.79 Å². The Bertz CT molecular complexity index is 374. The van der Waals surface area contributed by atoms with Gasteiger partial charge in [0.15, 0.2) is 0 Å². The monoisotopic (exact) mass is 205 g/mol. The molecule has 1 aliphatic heterocycles. The maximum Gasteiger partial charge on any atom is 0.251 e. The van der Waals surface area contributed by atoms with Gasteiger partial charge >= 0.3 is 0 Å². The first-order valence-corrected chi connectivity index (χ1v) is 5.29. The molecule has 1 heterocycles. The second kappa shape index (κ2) is 4.45. The average Bonchev–Trinajstić information content (AvgIpc) is 2.72. The van der Waals surface area contributed by atoms with Crippen molar-refractivity contribution in [2.24, 2.45) is 0 Å². The minimum atomic E-state index is 0.00606. The maximum absolute atomic E-state index is 11.7. The number of rotatable bonds is 3. The van der Waals surface area contributed by atoms with Crippen molar-refractivity contribution in [3.63, 3.8) is 0 Å². The highest BCUT2D eigenvalue weighted by atomic mass is 16.5. The molecular formula is C12H15NO2. The van der Waals surface area contributed by atoms with Gasteiger partial charge in [-0.25, -0.2) is 0 Å². The Morgan fingerprint density at radius 1 is 1.40 bits per heavy atom. The van der Waals surface area contributed by atoms with Crippen LogP contribution in [0, 0.1) is 0 Å². The summed E-state index contributed by atoms with van der Waals surface area (Å²) in [7, 11) is 0. The molecule has 80 valence electrons. The van der Waals surface area contributed by atoms with Gasteiger partial charge < -0.3 is 10.1 Å². The van der Waals surface area contributed by atoms with Crippen molar-refractivity contribution in [1.29, 1.82) is 0 Å². The predicted octanol–water partition coefficient (Wildman–Crippen LogP) is 1.86. The van der Waals surface area contributed by atoms with Crippen molar-refractivity contribution < 1.29 is 9.53 Å². The highest BCUT2D eigenvalue weighted by Crippen LogP contribution is 2.20. The standard InChI is InChI=1S/C12H15NO2/c1-2-5-13-12(14)9-3-4-10-7-15-8-11(10)6-9/h3-4,6H,2,5,7-8H2,1H3,(H,13,14). The summed E-state index contributed by atoms with van der Waals surface area (Å²) < 4.78 is 5.30. The van der Waals surface area contributed by atoms with E-state index in [0.29, 0.717) is 13.2 Å². The van der Waals surface area contributed by atoms with Gasteiger partial charge in [-0.1, -0.05) is 13.0 Å². The normalized spacial score (nSPS) is 13.7. The van der Waals surface area contributed by atoms with Crippen molar-refractivity contribution in [3.8, 4) is 0 Å². The minimum absolute atomic E-state index is 0.00606. The summed E-state index contributed by atoms with van der Waals surface area (Å²) >= 11 is 0.